The van der Waals surface area contributed by atoms with Gasteiger partial charge in [0.1, 0.15) is 24.4 Å². The lowest BCUT2D eigenvalue weighted by Gasteiger charge is -2.43. The van der Waals surface area contributed by atoms with Crippen LogP contribution >= 0.6 is 0 Å². The fraction of sp³-hybridized carbons (Fsp3) is 0.793. The summed E-state index contributed by atoms with van der Waals surface area (Å²) < 4.78 is 17.6. The number of carbonyl (C=O) groups excluding carboxylic acids is 2. The molecule has 0 aromatic heterocycles. The zero-order valence-corrected chi connectivity index (χ0v) is 23.8. The van der Waals surface area contributed by atoms with E-state index in [9.17, 15) is 30.0 Å². The summed E-state index contributed by atoms with van der Waals surface area (Å²) in [6, 6.07) is 0. The minimum absolute atomic E-state index is 0.0394. The van der Waals surface area contributed by atoms with Crippen LogP contribution in [-0.2, 0) is 23.8 Å². The second-order valence-electron chi connectivity index (χ2n) is 11.2. The Balaban J connectivity index is 2.42. The van der Waals surface area contributed by atoms with Crippen molar-refractivity contribution in [2.75, 3.05) is 0 Å². The van der Waals surface area contributed by atoms with Gasteiger partial charge in [-0.2, -0.15) is 0 Å². The first-order valence-electron chi connectivity index (χ1n) is 13.9. The number of aliphatic hydroxyl groups is 4. The van der Waals surface area contributed by atoms with Gasteiger partial charge in [0.05, 0.1) is 24.7 Å². The number of carbonyl (C=O) groups is 2. The normalized spacial score (nSPS) is 42.4. The van der Waals surface area contributed by atoms with Crippen molar-refractivity contribution in [2.45, 2.75) is 123 Å². The van der Waals surface area contributed by atoms with Crippen LogP contribution in [0.15, 0.2) is 23.8 Å². The first-order valence-corrected chi connectivity index (χ1v) is 13.9. The Hall–Kier alpha value is -1.62. The highest BCUT2D eigenvalue weighted by Crippen LogP contribution is 2.33. The van der Waals surface area contributed by atoms with E-state index >= 15 is 0 Å². The molecule has 1 saturated heterocycles. The molecule has 0 radical (unpaired) electrons. The SMILES string of the molecule is CC[C@H]1C[C@@H](C)C(=O)C=CC(C)=C[C@H](C)[C@@H](CC)OC(=O)C[C@@H](O)[C@H](C)[C@H]1O[C@@H]1O[C@@H](C)[C@H](O)[C@@H](O)[C@H]1O. The van der Waals surface area contributed by atoms with E-state index < -0.39 is 54.8 Å². The first kappa shape index (κ1) is 32.6. The molecule has 0 spiro atoms. The maximum absolute atomic E-state index is 13.0. The maximum Gasteiger partial charge on any atom is 0.308 e. The van der Waals surface area contributed by atoms with Gasteiger partial charge in [0.25, 0.3) is 0 Å². The summed E-state index contributed by atoms with van der Waals surface area (Å²) >= 11 is 0. The number of ketones is 1. The quantitative estimate of drug-likeness (QED) is 0.396. The lowest BCUT2D eigenvalue weighted by molar-refractivity contribution is -0.314. The van der Waals surface area contributed by atoms with Crippen LogP contribution in [0.3, 0.4) is 0 Å². The number of hydrogen-bond donors (Lipinski definition) is 4. The monoisotopic (exact) mass is 540 g/mol. The van der Waals surface area contributed by atoms with Gasteiger partial charge in [-0.1, -0.05) is 58.8 Å². The Labute approximate surface area is 226 Å². The molecule has 0 unspecified atom stereocenters. The molecular weight excluding hydrogens is 492 g/mol. The zero-order chi connectivity index (χ0) is 28.7. The standard InChI is InChI=1S/C29H48O9/c1-8-20-13-16(4)21(30)11-10-15(3)12-17(5)23(9-2)37-24(32)14-22(31)18(6)28(20)38-29-27(35)26(34)25(33)19(7)36-29/h10-12,16-20,22-23,25-29,31,33-35H,8-9,13-14H2,1-7H3/t16-,17+,18+,19+,20+,22-,23-,25+,26-,27-,28-,29+/m1/s1. The second kappa shape index (κ2) is 14.7. The van der Waals surface area contributed by atoms with Crippen LogP contribution in [0.5, 0.6) is 0 Å². The number of rotatable bonds is 4. The Kier molecular flexibility index (Phi) is 12.6. The van der Waals surface area contributed by atoms with Gasteiger partial charge in [-0.25, -0.2) is 0 Å². The molecule has 218 valence electrons. The number of cyclic esters (lactones) is 1. The molecule has 2 heterocycles. The third-order valence-corrected chi connectivity index (χ3v) is 8.04. The van der Waals surface area contributed by atoms with Crippen molar-refractivity contribution < 1.29 is 44.2 Å². The van der Waals surface area contributed by atoms with Crippen molar-refractivity contribution in [3.63, 3.8) is 0 Å². The van der Waals surface area contributed by atoms with Crippen LogP contribution in [0, 0.1) is 23.7 Å². The number of allylic oxidation sites excluding steroid dienone is 3. The lowest BCUT2D eigenvalue weighted by Crippen LogP contribution is -2.59. The van der Waals surface area contributed by atoms with E-state index in [1.165, 1.54) is 0 Å². The fourth-order valence-corrected chi connectivity index (χ4v) is 5.36. The molecule has 4 N–H and O–H groups in total. The topological polar surface area (TPSA) is 143 Å². The third-order valence-electron chi connectivity index (χ3n) is 8.04. The van der Waals surface area contributed by atoms with Crippen LogP contribution in [0.4, 0.5) is 0 Å². The summed E-state index contributed by atoms with van der Waals surface area (Å²) in [7, 11) is 0. The van der Waals surface area contributed by atoms with Gasteiger partial charge in [0.2, 0.25) is 0 Å². The maximum atomic E-state index is 13.0. The molecular formula is C29H48O9. The van der Waals surface area contributed by atoms with E-state index in [1.54, 1.807) is 26.0 Å². The van der Waals surface area contributed by atoms with Crippen LogP contribution < -0.4 is 0 Å². The van der Waals surface area contributed by atoms with Gasteiger partial charge < -0.3 is 34.6 Å². The molecule has 0 aromatic rings. The van der Waals surface area contributed by atoms with Gasteiger partial charge in [-0.05, 0) is 38.7 Å². The summed E-state index contributed by atoms with van der Waals surface area (Å²) in [5.41, 5.74) is 0.889. The number of aliphatic hydroxyl groups excluding tert-OH is 4. The van der Waals surface area contributed by atoms with Crippen molar-refractivity contribution in [3.8, 4) is 0 Å². The van der Waals surface area contributed by atoms with Crippen LogP contribution in [-0.4, -0.2) is 81.2 Å². The van der Waals surface area contributed by atoms with Crippen LogP contribution in [0.1, 0.15) is 74.1 Å². The molecule has 0 aliphatic carbocycles. The van der Waals surface area contributed by atoms with E-state index in [-0.39, 0.29) is 36.1 Å². The van der Waals surface area contributed by atoms with Crippen LogP contribution in [0.25, 0.3) is 0 Å². The molecule has 9 heteroatoms. The van der Waals surface area contributed by atoms with E-state index in [0.29, 0.717) is 19.3 Å². The van der Waals surface area contributed by atoms with Crippen molar-refractivity contribution in [2.24, 2.45) is 23.7 Å². The van der Waals surface area contributed by atoms with Crippen LogP contribution in [0.2, 0.25) is 0 Å². The first-order chi connectivity index (χ1) is 17.8. The Morgan fingerprint density at radius 3 is 2.21 bits per heavy atom. The highest BCUT2D eigenvalue weighted by atomic mass is 16.7. The summed E-state index contributed by atoms with van der Waals surface area (Å²) in [5.74, 6) is -1.84. The molecule has 12 atom stereocenters. The third kappa shape index (κ3) is 8.44. The van der Waals surface area contributed by atoms with Gasteiger partial charge in [-0.3, -0.25) is 9.59 Å². The molecule has 2 rings (SSSR count). The molecule has 0 aromatic carbocycles. The summed E-state index contributed by atoms with van der Waals surface area (Å²) in [6.07, 6.45) is -1.88. The highest BCUT2D eigenvalue weighted by Gasteiger charge is 2.45. The smallest absolute Gasteiger partial charge is 0.308 e. The predicted molar refractivity (Wildman–Crippen MR) is 142 cm³/mol. The molecule has 2 aliphatic heterocycles. The zero-order valence-electron chi connectivity index (χ0n) is 23.8. The molecule has 38 heavy (non-hydrogen) atoms. The minimum atomic E-state index is -1.52. The number of esters is 1. The Morgan fingerprint density at radius 2 is 1.61 bits per heavy atom. The van der Waals surface area contributed by atoms with Gasteiger partial charge >= 0.3 is 5.97 Å². The fourth-order valence-electron chi connectivity index (χ4n) is 5.36. The summed E-state index contributed by atoms with van der Waals surface area (Å²) in [5, 5.41) is 42.1. The van der Waals surface area contributed by atoms with Gasteiger partial charge in [0, 0.05) is 17.8 Å². The second-order valence-corrected chi connectivity index (χ2v) is 11.2. The van der Waals surface area contributed by atoms with E-state index in [1.807, 2.05) is 40.7 Å². The molecule has 2 aliphatic rings. The minimum Gasteiger partial charge on any atom is -0.462 e. The number of ether oxygens (including phenoxy) is 3. The van der Waals surface area contributed by atoms with Crippen molar-refractivity contribution >= 4 is 11.8 Å². The van der Waals surface area contributed by atoms with Crippen molar-refractivity contribution in [1.29, 1.82) is 0 Å². The highest BCUT2D eigenvalue weighted by molar-refractivity contribution is 5.91. The molecule has 0 bridgehead atoms. The molecule has 1 fully saturated rings. The largest absolute Gasteiger partial charge is 0.462 e. The summed E-state index contributed by atoms with van der Waals surface area (Å²) in [6.45, 7) is 12.9. The van der Waals surface area contributed by atoms with E-state index in [2.05, 4.69) is 0 Å². The molecule has 0 amide bonds. The van der Waals surface area contributed by atoms with Crippen molar-refractivity contribution in [3.05, 3.63) is 23.8 Å². The lowest BCUT2D eigenvalue weighted by atomic mass is 9.80. The molecule has 9 nitrogen and oxygen atoms in total. The Morgan fingerprint density at radius 1 is 0.947 bits per heavy atom. The molecule has 0 saturated carbocycles. The Bertz CT molecular complexity index is 840. The van der Waals surface area contributed by atoms with Gasteiger partial charge in [-0.15, -0.1) is 0 Å². The summed E-state index contributed by atoms with van der Waals surface area (Å²) in [4.78, 5) is 25.8. The average molecular weight is 541 g/mol. The number of hydrogen-bond acceptors (Lipinski definition) is 9. The van der Waals surface area contributed by atoms with Crippen molar-refractivity contribution in [1.82, 2.24) is 0 Å². The van der Waals surface area contributed by atoms with Gasteiger partial charge in [0.15, 0.2) is 12.1 Å². The van der Waals surface area contributed by atoms with E-state index in [0.717, 1.165) is 5.57 Å². The van der Waals surface area contributed by atoms with E-state index in [4.69, 9.17) is 14.2 Å². The predicted octanol–water partition coefficient (Wildman–Crippen LogP) is 2.68. The average Bonchev–Trinajstić information content (AvgIpc) is 2.87.